The van der Waals surface area contributed by atoms with Gasteiger partial charge in [0.15, 0.2) is 11.5 Å². The molecule has 2 atom stereocenters. The van der Waals surface area contributed by atoms with Gasteiger partial charge in [-0.15, -0.1) is 0 Å². The molecule has 1 aromatic carbocycles. The zero-order valence-corrected chi connectivity index (χ0v) is 10.8. The largest absolute Gasteiger partial charge is 0.458 e. The van der Waals surface area contributed by atoms with Gasteiger partial charge in [0.05, 0.1) is 0 Å². The average molecular weight is 260 g/mol. The summed E-state index contributed by atoms with van der Waals surface area (Å²) in [5.74, 6) is 1.74. The van der Waals surface area contributed by atoms with Crippen LogP contribution >= 0.6 is 0 Å². The summed E-state index contributed by atoms with van der Waals surface area (Å²) < 4.78 is 15.9. The number of allylic oxidation sites excluding steroid dienone is 1. The summed E-state index contributed by atoms with van der Waals surface area (Å²) in [5, 5.41) is 0. The highest BCUT2D eigenvalue weighted by molar-refractivity contribution is 5.66. The van der Waals surface area contributed by atoms with E-state index in [9.17, 15) is 4.79 Å². The number of ether oxygens (including phenoxy) is 3. The van der Waals surface area contributed by atoms with Gasteiger partial charge in [0.1, 0.15) is 6.10 Å². The molecule has 0 unspecified atom stereocenters. The lowest BCUT2D eigenvalue weighted by molar-refractivity contribution is -0.144. The lowest BCUT2D eigenvalue weighted by Crippen LogP contribution is -2.18. The second-order valence-electron chi connectivity index (χ2n) is 4.83. The Morgan fingerprint density at radius 1 is 1.21 bits per heavy atom. The first-order chi connectivity index (χ1) is 9.22. The molecule has 1 aromatic rings. The van der Waals surface area contributed by atoms with Crippen molar-refractivity contribution in [2.24, 2.45) is 0 Å². The standard InChI is InChI=1S/C15H16O4/c1-10(16)19-13-5-2-11(3-6-13)12-4-7-14-15(8-12)18-9-17-14/h2,4-5,7-8,11,13H,3,6,9H2,1H3/t11-,13-/m1/s1. The third-order valence-electron chi connectivity index (χ3n) is 3.46. The monoisotopic (exact) mass is 260 g/mol. The highest BCUT2D eigenvalue weighted by Gasteiger charge is 2.21. The number of rotatable bonds is 2. The van der Waals surface area contributed by atoms with Crippen molar-refractivity contribution in [3.8, 4) is 11.5 Å². The number of carbonyl (C=O) groups excluding carboxylic acids is 1. The predicted molar refractivity (Wildman–Crippen MR) is 69.2 cm³/mol. The van der Waals surface area contributed by atoms with Gasteiger partial charge in [-0.2, -0.15) is 0 Å². The normalized spacial score (nSPS) is 24.3. The average Bonchev–Trinajstić information content (AvgIpc) is 2.86. The molecule has 19 heavy (non-hydrogen) atoms. The van der Waals surface area contributed by atoms with Crippen LogP contribution in [0.4, 0.5) is 0 Å². The van der Waals surface area contributed by atoms with Crippen LogP contribution in [0.15, 0.2) is 30.4 Å². The lowest BCUT2D eigenvalue weighted by Gasteiger charge is -2.23. The van der Waals surface area contributed by atoms with E-state index >= 15 is 0 Å². The zero-order chi connectivity index (χ0) is 13.2. The van der Waals surface area contributed by atoms with Crippen LogP contribution in [-0.4, -0.2) is 18.9 Å². The molecule has 4 heteroatoms. The molecule has 1 aliphatic carbocycles. The minimum atomic E-state index is -0.226. The lowest BCUT2D eigenvalue weighted by atomic mass is 9.88. The summed E-state index contributed by atoms with van der Waals surface area (Å²) in [7, 11) is 0. The summed E-state index contributed by atoms with van der Waals surface area (Å²) >= 11 is 0. The Bertz CT molecular complexity index is 521. The van der Waals surface area contributed by atoms with E-state index in [1.807, 2.05) is 18.2 Å². The molecule has 0 bridgehead atoms. The number of hydrogen-bond acceptors (Lipinski definition) is 4. The van der Waals surface area contributed by atoms with Crippen LogP contribution in [0, 0.1) is 0 Å². The number of hydrogen-bond donors (Lipinski definition) is 0. The van der Waals surface area contributed by atoms with Crippen molar-refractivity contribution in [2.75, 3.05) is 6.79 Å². The molecule has 100 valence electrons. The Labute approximate surface area is 112 Å². The van der Waals surface area contributed by atoms with Crippen LogP contribution in [-0.2, 0) is 9.53 Å². The quantitative estimate of drug-likeness (QED) is 0.606. The highest BCUT2D eigenvalue weighted by Crippen LogP contribution is 2.37. The van der Waals surface area contributed by atoms with Gasteiger partial charge < -0.3 is 14.2 Å². The fourth-order valence-electron chi connectivity index (χ4n) is 2.53. The van der Waals surface area contributed by atoms with Gasteiger partial charge in [-0.25, -0.2) is 0 Å². The van der Waals surface area contributed by atoms with Crippen LogP contribution in [0.3, 0.4) is 0 Å². The predicted octanol–water partition coefficient (Wildman–Crippen LogP) is 2.78. The first kappa shape index (κ1) is 12.1. The van der Waals surface area contributed by atoms with Crippen molar-refractivity contribution in [1.82, 2.24) is 0 Å². The van der Waals surface area contributed by atoms with E-state index in [1.165, 1.54) is 12.5 Å². The maximum atomic E-state index is 10.9. The number of carbonyl (C=O) groups is 1. The van der Waals surface area contributed by atoms with Crippen LogP contribution in [0.25, 0.3) is 0 Å². The summed E-state index contributed by atoms with van der Waals surface area (Å²) in [4.78, 5) is 10.9. The Hall–Kier alpha value is -1.97. The zero-order valence-electron chi connectivity index (χ0n) is 10.8. The molecule has 1 aliphatic heterocycles. The first-order valence-electron chi connectivity index (χ1n) is 6.47. The Balaban J connectivity index is 1.72. The van der Waals surface area contributed by atoms with Crippen LogP contribution < -0.4 is 9.47 Å². The van der Waals surface area contributed by atoms with E-state index in [1.54, 1.807) is 0 Å². The summed E-state index contributed by atoms with van der Waals surface area (Å²) in [6.45, 7) is 1.74. The van der Waals surface area contributed by atoms with Crippen molar-refractivity contribution >= 4 is 5.97 Å². The Morgan fingerprint density at radius 2 is 2.05 bits per heavy atom. The molecule has 0 spiro atoms. The van der Waals surface area contributed by atoms with Crippen LogP contribution in [0.2, 0.25) is 0 Å². The molecular formula is C15H16O4. The summed E-state index contributed by atoms with van der Waals surface area (Å²) in [6, 6.07) is 6.04. The van der Waals surface area contributed by atoms with E-state index in [0.717, 1.165) is 24.3 Å². The Morgan fingerprint density at radius 3 is 2.79 bits per heavy atom. The number of fused-ring (bicyclic) bond motifs is 1. The van der Waals surface area contributed by atoms with Crippen molar-refractivity contribution < 1.29 is 19.0 Å². The third kappa shape index (κ3) is 2.57. The molecule has 0 aromatic heterocycles. The van der Waals surface area contributed by atoms with Gasteiger partial charge in [0.2, 0.25) is 6.79 Å². The maximum Gasteiger partial charge on any atom is 0.303 e. The molecule has 1 heterocycles. The molecule has 0 fully saturated rings. The fraction of sp³-hybridized carbons (Fsp3) is 0.400. The summed E-state index contributed by atoms with van der Waals surface area (Å²) in [5.41, 5.74) is 1.21. The molecule has 4 nitrogen and oxygen atoms in total. The van der Waals surface area contributed by atoms with Gasteiger partial charge in [-0.05, 0) is 36.6 Å². The van der Waals surface area contributed by atoms with Crippen LogP contribution in [0.1, 0.15) is 31.2 Å². The smallest absolute Gasteiger partial charge is 0.303 e. The van der Waals surface area contributed by atoms with Gasteiger partial charge in [-0.3, -0.25) is 4.79 Å². The molecule has 0 saturated heterocycles. The van der Waals surface area contributed by atoms with Crippen LogP contribution in [0.5, 0.6) is 11.5 Å². The van der Waals surface area contributed by atoms with Gasteiger partial charge in [0, 0.05) is 12.8 Å². The molecule has 0 saturated carbocycles. The van der Waals surface area contributed by atoms with E-state index in [4.69, 9.17) is 14.2 Å². The highest BCUT2D eigenvalue weighted by atomic mass is 16.7. The van der Waals surface area contributed by atoms with Gasteiger partial charge in [-0.1, -0.05) is 12.1 Å². The third-order valence-corrected chi connectivity index (χ3v) is 3.46. The fourth-order valence-corrected chi connectivity index (χ4v) is 2.53. The van der Waals surface area contributed by atoms with Gasteiger partial charge in [0.25, 0.3) is 0 Å². The van der Waals surface area contributed by atoms with Gasteiger partial charge >= 0.3 is 5.97 Å². The minimum absolute atomic E-state index is 0.0808. The van der Waals surface area contributed by atoms with Crippen molar-refractivity contribution in [1.29, 1.82) is 0 Å². The molecular weight excluding hydrogens is 244 g/mol. The van der Waals surface area contributed by atoms with Crippen molar-refractivity contribution in [3.63, 3.8) is 0 Å². The number of esters is 1. The Kier molecular flexibility index (Phi) is 3.15. The second-order valence-corrected chi connectivity index (χ2v) is 4.83. The minimum Gasteiger partial charge on any atom is -0.458 e. The molecule has 0 radical (unpaired) electrons. The van der Waals surface area contributed by atoms with E-state index in [-0.39, 0.29) is 12.1 Å². The SMILES string of the molecule is CC(=O)O[C@@H]1C=C[C@@H](c2ccc3c(c2)OCO3)CC1. The number of benzene rings is 1. The summed E-state index contributed by atoms with van der Waals surface area (Å²) in [6.07, 6.45) is 5.82. The van der Waals surface area contributed by atoms with E-state index in [0.29, 0.717) is 12.7 Å². The molecule has 2 aliphatic rings. The molecule has 0 N–H and O–H groups in total. The second kappa shape index (κ2) is 4.96. The topological polar surface area (TPSA) is 44.8 Å². The molecule has 3 rings (SSSR count). The van der Waals surface area contributed by atoms with E-state index in [2.05, 4.69) is 12.1 Å². The van der Waals surface area contributed by atoms with E-state index < -0.39 is 0 Å². The maximum absolute atomic E-state index is 10.9. The first-order valence-corrected chi connectivity index (χ1v) is 6.47. The van der Waals surface area contributed by atoms with Crippen molar-refractivity contribution in [2.45, 2.75) is 31.8 Å². The van der Waals surface area contributed by atoms with Crippen molar-refractivity contribution in [3.05, 3.63) is 35.9 Å². The molecule has 0 amide bonds.